The molecule has 1 aliphatic rings. The highest BCUT2D eigenvalue weighted by molar-refractivity contribution is 5.40. The second-order valence-electron chi connectivity index (χ2n) is 4.55. The van der Waals surface area contributed by atoms with Crippen molar-refractivity contribution in [2.75, 3.05) is 13.7 Å². The lowest BCUT2D eigenvalue weighted by Gasteiger charge is -2.26. The van der Waals surface area contributed by atoms with Crippen molar-refractivity contribution in [3.63, 3.8) is 0 Å². The van der Waals surface area contributed by atoms with Gasteiger partial charge < -0.3 is 14.2 Å². The number of hydrogen-bond acceptors (Lipinski definition) is 5. The molecular formula is C15H16N2O3. The Hall–Kier alpha value is -2.30. The minimum Gasteiger partial charge on any atom is -0.486 e. The monoisotopic (exact) mass is 272 g/mol. The number of para-hydroxylation sites is 2. The topological polar surface area (TPSA) is 53.5 Å². The Morgan fingerprint density at radius 3 is 2.95 bits per heavy atom. The maximum absolute atomic E-state index is 5.90. The molecular weight excluding hydrogens is 256 g/mol. The van der Waals surface area contributed by atoms with E-state index in [1.54, 1.807) is 19.4 Å². The van der Waals surface area contributed by atoms with Gasteiger partial charge >= 0.3 is 0 Å². The normalized spacial score (nSPS) is 16.8. The van der Waals surface area contributed by atoms with E-state index in [4.69, 9.17) is 14.2 Å². The number of fused-ring (bicyclic) bond motifs is 1. The van der Waals surface area contributed by atoms with Crippen molar-refractivity contribution < 1.29 is 14.2 Å². The van der Waals surface area contributed by atoms with Gasteiger partial charge in [0, 0.05) is 18.7 Å². The number of hydrogen-bond donors (Lipinski definition) is 0. The Kier molecular flexibility index (Phi) is 3.67. The maximum atomic E-state index is 5.90. The molecule has 20 heavy (non-hydrogen) atoms. The van der Waals surface area contributed by atoms with Crippen LogP contribution in [0.3, 0.4) is 0 Å². The fourth-order valence-corrected chi connectivity index (χ4v) is 2.11. The smallest absolute Gasteiger partial charge is 0.216 e. The molecule has 0 fully saturated rings. The average molecular weight is 272 g/mol. The van der Waals surface area contributed by atoms with Gasteiger partial charge in [-0.15, -0.1) is 0 Å². The van der Waals surface area contributed by atoms with Gasteiger partial charge in [0.15, 0.2) is 11.5 Å². The molecule has 2 aromatic rings. The SMILES string of the molecule is COc1ccnc(CC[C@@H]2COc3ccccc3O2)n1. The quantitative estimate of drug-likeness (QED) is 0.854. The first-order valence-electron chi connectivity index (χ1n) is 6.59. The van der Waals surface area contributed by atoms with Crippen molar-refractivity contribution in [3.05, 3.63) is 42.4 Å². The summed E-state index contributed by atoms with van der Waals surface area (Å²) in [5.74, 6) is 2.95. The van der Waals surface area contributed by atoms with E-state index in [0.717, 1.165) is 30.2 Å². The van der Waals surface area contributed by atoms with E-state index in [1.807, 2.05) is 24.3 Å². The number of rotatable bonds is 4. The molecule has 3 rings (SSSR count). The summed E-state index contributed by atoms with van der Waals surface area (Å²) in [4.78, 5) is 8.52. The standard InChI is InChI=1S/C15H16N2O3/c1-18-15-8-9-16-14(17-15)7-6-11-10-19-12-4-2-3-5-13(12)20-11/h2-5,8-9,11H,6-7,10H2,1H3/t11-/m1/s1. The Balaban J connectivity index is 1.60. The number of methoxy groups -OCH3 is 1. The highest BCUT2D eigenvalue weighted by Crippen LogP contribution is 2.31. The summed E-state index contributed by atoms with van der Waals surface area (Å²) in [6.07, 6.45) is 3.27. The largest absolute Gasteiger partial charge is 0.486 e. The van der Waals surface area contributed by atoms with Gasteiger partial charge in [0.1, 0.15) is 18.5 Å². The van der Waals surface area contributed by atoms with Crippen LogP contribution in [0.15, 0.2) is 36.5 Å². The number of benzene rings is 1. The first-order chi connectivity index (χ1) is 9.85. The third kappa shape index (κ3) is 2.82. The first-order valence-corrected chi connectivity index (χ1v) is 6.59. The van der Waals surface area contributed by atoms with Gasteiger partial charge in [0.05, 0.1) is 7.11 Å². The van der Waals surface area contributed by atoms with Crippen LogP contribution in [0, 0.1) is 0 Å². The van der Waals surface area contributed by atoms with Gasteiger partial charge in [-0.25, -0.2) is 4.98 Å². The minimum atomic E-state index is 0.0275. The number of aromatic nitrogens is 2. The third-order valence-corrected chi connectivity index (χ3v) is 3.15. The van der Waals surface area contributed by atoms with E-state index in [9.17, 15) is 0 Å². The molecule has 0 aliphatic carbocycles. The van der Waals surface area contributed by atoms with Crippen molar-refractivity contribution in [1.82, 2.24) is 9.97 Å². The molecule has 5 heteroatoms. The van der Waals surface area contributed by atoms with Crippen LogP contribution in [-0.2, 0) is 6.42 Å². The molecule has 1 atom stereocenters. The van der Waals surface area contributed by atoms with E-state index >= 15 is 0 Å². The molecule has 0 amide bonds. The van der Waals surface area contributed by atoms with Gasteiger partial charge in [-0.2, -0.15) is 4.98 Å². The molecule has 0 unspecified atom stereocenters. The highest BCUT2D eigenvalue weighted by Gasteiger charge is 2.20. The van der Waals surface area contributed by atoms with Crippen LogP contribution >= 0.6 is 0 Å². The van der Waals surface area contributed by atoms with Crippen LogP contribution in [0.4, 0.5) is 0 Å². The average Bonchev–Trinajstić information content (AvgIpc) is 2.53. The molecule has 1 aliphatic heterocycles. The van der Waals surface area contributed by atoms with Gasteiger partial charge in [-0.1, -0.05) is 12.1 Å². The Morgan fingerprint density at radius 1 is 1.25 bits per heavy atom. The van der Waals surface area contributed by atoms with Crippen molar-refractivity contribution in [3.8, 4) is 17.4 Å². The summed E-state index contributed by atoms with van der Waals surface area (Å²) in [6.45, 7) is 0.557. The predicted octanol–water partition coefficient (Wildman–Crippen LogP) is 2.26. The van der Waals surface area contributed by atoms with Gasteiger partial charge in [0.25, 0.3) is 0 Å². The van der Waals surface area contributed by atoms with E-state index in [-0.39, 0.29) is 6.10 Å². The molecule has 0 N–H and O–H groups in total. The summed E-state index contributed by atoms with van der Waals surface area (Å²) in [5, 5.41) is 0. The van der Waals surface area contributed by atoms with Crippen LogP contribution in [0.1, 0.15) is 12.2 Å². The molecule has 104 valence electrons. The summed E-state index contributed by atoms with van der Waals surface area (Å²) < 4.78 is 16.7. The summed E-state index contributed by atoms with van der Waals surface area (Å²) in [7, 11) is 1.60. The van der Waals surface area contributed by atoms with Crippen molar-refractivity contribution in [1.29, 1.82) is 0 Å². The zero-order valence-electron chi connectivity index (χ0n) is 11.3. The summed E-state index contributed by atoms with van der Waals surface area (Å²) >= 11 is 0. The van der Waals surface area contributed by atoms with Crippen LogP contribution in [0.2, 0.25) is 0 Å². The number of aryl methyl sites for hydroxylation is 1. The summed E-state index contributed by atoms with van der Waals surface area (Å²) in [5.41, 5.74) is 0. The van der Waals surface area contributed by atoms with Gasteiger partial charge in [0.2, 0.25) is 5.88 Å². The van der Waals surface area contributed by atoms with Crippen molar-refractivity contribution in [2.24, 2.45) is 0 Å². The molecule has 5 nitrogen and oxygen atoms in total. The van der Waals surface area contributed by atoms with E-state index in [1.165, 1.54) is 0 Å². The number of nitrogens with zero attached hydrogens (tertiary/aromatic N) is 2. The Bertz CT molecular complexity index is 589. The maximum Gasteiger partial charge on any atom is 0.216 e. The lowest BCUT2D eigenvalue weighted by Crippen LogP contribution is -2.29. The molecule has 2 heterocycles. The van der Waals surface area contributed by atoms with E-state index in [2.05, 4.69) is 9.97 Å². The highest BCUT2D eigenvalue weighted by atomic mass is 16.6. The number of ether oxygens (including phenoxy) is 3. The van der Waals surface area contributed by atoms with E-state index in [0.29, 0.717) is 12.5 Å². The van der Waals surface area contributed by atoms with Crippen LogP contribution in [0.25, 0.3) is 0 Å². The van der Waals surface area contributed by atoms with Crippen LogP contribution in [0.5, 0.6) is 17.4 Å². The zero-order chi connectivity index (χ0) is 13.8. The van der Waals surface area contributed by atoms with Crippen LogP contribution < -0.4 is 14.2 Å². The first kappa shape index (κ1) is 12.7. The summed E-state index contributed by atoms with van der Waals surface area (Å²) in [6, 6.07) is 9.45. The molecule has 0 spiro atoms. The zero-order valence-corrected chi connectivity index (χ0v) is 11.3. The second kappa shape index (κ2) is 5.77. The molecule has 1 aromatic heterocycles. The Morgan fingerprint density at radius 2 is 2.10 bits per heavy atom. The predicted molar refractivity (Wildman–Crippen MR) is 73.3 cm³/mol. The minimum absolute atomic E-state index is 0.0275. The molecule has 0 saturated carbocycles. The fraction of sp³-hybridized carbons (Fsp3) is 0.333. The van der Waals surface area contributed by atoms with E-state index < -0.39 is 0 Å². The van der Waals surface area contributed by atoms with Crippen molar-refractivity contribution >= 4 is 0 Å². The second-order valence-corrected chi connectivity index (χ2v) is 4.55. The molecule has 0 radical (unpaired) electrons. The lowest BCUT2D eigenvalue weighted by molar-refractivity contribution is 0.0847. The Labute approximate surface area is 117 Å². The fourth-order valence-electron chi connectivity index (χ4n) is 2.11. The molecule has 1 aromatic carbocycles. The van der Waals surface area contributed by atoms with Crippen molar-refractivity contribution in [2.45, 2.75) is 18.9 Å². The molecule has 0 bridgehead atoms. The third-order valence-electron chi connectivity index (χ3n) is 3.15. The van der Waals surface area contributed by atoms with Crippen LogP contribution in [-0.4, -0.2) is 29.8 Å². The van der Waals surface area contributed by atoms with Gasteiger partial charge in [-0.05, 0) is 18.6 Å². The van der Waals surface area contributed by atoms with Gasteiger partial charge in [-0.3, -0.25) is 0 Å². The molecule has 0 saturated heterocycles. The lowest BCUT2D eigenvalue weighted by atomic mass is 10.1.